The Morgan fingerprint density at radius 3 is 2.04 bits per heavy atom. The van der Waals surface area contributed by atoms with Crippen molar-refractivity contribution in [3.63, 3.8) is 0 Å². The lowest BCUT2D eigenvalue weighted by Crippen LogP contribution is -2.26. The molecule has 0 amide bonds. The van der Waals surface area contributed by atoms with Gasteiger partial charge in [-0.05, 0) is 57.0 Å². The summed E-state index contributed by atoms with van der Waals surface area (Å²) in [7, 11) is 4.20. The smallest absolute Gasteiger partial charge is 0.0435 e. The second-order valence-electron chi connectivity index (χ2n) is 7.63. The van der Waals surface area contributed by atoms with Crippen LogP contribution in [0.2, 0.25) is 0 Å². The van der Waals surface area contributed by atoms with E-state index in [1.807, 2.05) is 0 Å². The van der Waals surface area contributed by atoms with Crippen LogP contribution in [0.15, 0.2) is 30.0 Å². The van der Waals surface area contributed by atoms with Crippen molar-refractivity contribution in [1.29, 1.82) is 0 Å². The molecular formula is C21H37N3. The van der Waals surface area contributed by atoms with Gasteiger partial charge >= 0.3 is 0 Å². The fourth-order valence-corrected chi connectivity index (χ4v) is 2.90. The zero-order valence-corrected chi connectivity index (χ0v) is 16.9. The van der Waals surface area contributed by atoms with E-state index in [-0.39, 0.29) is 6.04 Å². The van der Waals surface area contributed by atoms with Crippen molar-refractivity contribution < 1.29 is 0 Å². The number of benzene rings is 1. The fraction of sp³-hybridized carbons (Fsp3) is 0.619. The van der Waals surface area contributed by atoms with Crippen molar-refractivity contribution in [3.8, 4) is 0 Å². The largest absolute Gasteiger partial charge is 0.387 e. The normalized spacial score (nSPS) is 13.7. The van der Waals surface area contributed by atoms with Gasteiger partial charge in [0.1, 0.15) is 0 Å². The van der Waals surface area contributed by atoms with Gasteiger partial charge in [-0.15, -0.1) is 0 Å². The van der Waals surface area contributed by atoms with Gasteiger partial charge in [0.05, 0.1) is 0 Å². The van der Waals surface area contributed by atoms with E-state index in [0.29, 0.717) is 11.8 Å². The van der Waals surface area contributed by atoms with Crippen LogP contribution in [0, 0.1) is 0 Å². The second kappa shape index (κ2) is 9.73. The third-order valence-corrected chi connectivity index (χ3v) is 4.21. The average molecular weight is 332 g/mol. The molecule has 1 unspecified atom stereocenters. The SMILES string of the molecule is C/C(=C\C(C)Nc1c(C(C)C)cccc1C(C)C)NCCN(C)C. The van der Waals surface area contributed by atoms with E-state index in [0.717, 1.165) is 13.1 Å². The average Bonchev–Trinajstić information content (AvgIpc) is 2.46. The van der Waals surface area contributed by atoms with Crippen LogP contribution in [0.3, 0.4) is 0 Å². The standard InChI is InChI=1S/C21H37N3/c1-15(2)19-10-9-11-20(16(3)4)21(19)23-18(6)14-17(5)22-12-13-24(7)8/h9-11,14-16,18,22-23H,12-13H2,1-8H3/b17-14+. The molecule has 2 N–H and O–H groups in total. The first kappa shape index (κ1) is 20.6. The number of nitrogens with zero attached hydrogens (tertiary/aromatic N) is 1. The van der Waals surface area contributed by atoms with Gasteiger partial charge in [-0.3, -0.25) is 0 Å². The van der Waals surface area contributed by atoms with Crippen LogP contribution >= 0.6 is 0 Å². The Bertz CT molecular complexity index is 504. The predicted octanol–water partition coefficient (Wildman–Crippen LogP) is 4.79. The van der Waals surface area contributed by atoms with E-state index in [2.05, 4.69) is 95.4 Å². The van der Waals surface area contributed by atoms with Gasteiger partial charge in [-0.25, -0.2) is 0 Å². The highest BCUT2D eigenvalue weighted by molar-refractivity contribution is 5.61. The lowest BCUT2D eigenvalue weighted by atomic mass is 9.92. The topological polar surface area (TPSA) is 27.3 Å². The molecule has 136 valence electrons. The summed E-state index contributed by atoms with van der Waals surface area (Å²) in [6, 6.07) is 6.97. The number of hydrogen-bond acceptors (Lipinski definition) is 3. The Balaban J connectivity index is 2.87. The second-order valence-corrected chi connectivity index (χ2v) is 7.63. The van der Waals surface area contributed by atoms with Gasteiger partial charge in [0.15, 0.2) is 0 Å². The van der Waals surface area contributed by atoms with Crippen LogP contribution in [0.5, 0.6) is 0 Å². The molecule has 0 aliphatic carbocycles. The first-order valence-electron chi connectivity index (χ1n) is 9.18. The molecule has 0 aliphatic rings. The third kappa shape index (κ3) is 6.56. The zero-order chi connectivity index (χ0) is 18.3. The Morgan fingerprint density at radius 2 is 1.58 bits per heavy atom. The third-order valence-electron chi connectivity index (χ3n) is 4.21. The summed E-state index contributed by atoms with van der Waals surface area (Å²) >= 11 is 0. The molecule has 1 rings (SSSR count). The summed E-state index contributed by atoms with van der Waals surface area (Å²) < 4.78 is 0. The van der Waals surface area contributed by atoms with E-state index >= 15 is 0 Å². The van der Waals surface area contributed by atoms with Crippen molar-refractivity contribution >= 4 is 5.69 Å². The molecule has 0 fully saturated rings. The number of nitrogens with one attached hydrogen (secondary N) is 2. The van der Waals surface area contributed by atoms with Crippen LogP contribution in [-0.4, -0.2) is 38.1 Å². The number of para-hydroxylation sites is 1. The summed E-state index contributed by atoms with van der Waals surface area (Å²) in [4.78, 5) is 2.19. The Morgan fingerprint density at radius 1 is 1.04 bits per heavy atom. The van der Waals surface area contributed by atoms with Crippen molar-refractivity contribution in [2.24, 2.45) is 0 Å². The van der Waals surface area contributed by atoms with E-state index in [9.17, 15) is 0 Å². The van der Waals surface area contributed by atoms with Crippen LogP contribution < -0.4 is 10.6 Å². The van der Waals surface area contributed by atoms with Crippen LogP contribution in [-0.2, 0) is 0 Å². The first-order valence-corrected chi connectivity index (χ1v) is 9.18. The van der Waals surface area contributed by atoms with E-state index in [4.69, 9.17) is 0 Å². The molecule has 0 heterocycles. The molecule has 0 aromatic heterocycles. The maximum atomic E-state index is 3.75. The summed E-state index contributed by atoms with van der Waals surface area (Å²) in [6.45, 7) is 15.4. The van der Waals surface area contributed by atoms with Gasteiger partial charge in [0, 0.05) is 30.5 Å². The number of hydrogen-bond donors (Lipinski definition) is 2. The van der Waals surface area contributed by atoms with Gasteiger partial charge in [0.25, 0.3) is 0 Å². The highest BCUT2D eigenvalue weighted by Crippen LogP contribution is 2.32. The molecule has 0 spiro atoms. The molecule has 1 aromatic rings. The Hall–Kier alpha value is -1.48. The van der Waals surface area contributed by atoms with E-state index in [1.54, 1.807) is 0 Å². The van der Waals surface area contributed by atoms with E-state index < -0.39 is 0 Å². The monoisotopic (exact) mass is 331 g/mol. The van der Waals surface area contributed by atoms with Gasteiger partial charge in [0.2, 0.25) is 0 Å². The molecule has 1 atom stereocenters. The fourth-order valence-electron chi connectivity index (χ4n) is 2.90. The van der Waals surface area contributed by atoms with Crippen molar-refractivity contribution in [2.75, 3.05) is 32.5 Å². The van der Waals surface area contributed by atoms with Crippen molar-refractivity contribution in [2.45, 2.75) is 59.4 Å². The summed E-state index contributed by atoms with van der Waals surface area (Å²) in [6.07, 6.45) is 2.27. The van der Waals surface area contributed by atoms with Crippen molar-refractivity contribution in [3.05, 3.63) is 41.1 Å². The van der Waals surface area contributed by atoms with Crippen molar-refractivity contribution in [1.82, 2.24) is 10.2 Å². The lowest BCUT2D eigenvalue weighted by Gasteiger charge is -2.23. The maximum absolute atomic E-state index is 3.75. The molecule has 3 heteroatoms. The number of anilines is 1. The lowest BCUT2D eigenvalue weighted by molar-refractivity contribution is 0.408. The summed E-state index contributed by atoms with van der Waals surface area (Å²) in [5.74, 6) is 1.03. The first-order chi connectivity index (χ1) is 11.2. The highest BCUT2D eigenvalue weighted by Gasteiger charge is 2.14. The minimum atomic E-state index is 0.286. The Labute approximate surface area is 149 Å². The number of rotatable bonds is 9. The molecule has 0 saturated heterocycles. The minimum absolute atomic E-state index is 0.286. The number of likely N-dealkylation sites (N-methyl/N-ethyl adjacent to an activating group) is 1. The van der Waals surface area contributed by atoms with Crippen LogP contribution in [0.1, 0.15) is 64.5 Å². The summed E-state index contributed by atoms with van der Waals surface area (Å²) in [5, 5.41) is 7.23. The molecule has 1 aromatic carbocycles. The van der Waals surface area contributed by atoms with Gasteiger partial charge in [-0.1, -0.05) is 45.9 Å². The van der Waals surface area contributed by atoms with Gasteiger partial charge in [-0.2, -0.15) is 0 Å². The summed E-state index contributed by atoms with van der Waals surface area (Å²) in [5.41, 5.74) is 5.34. The molecule has 24 heavy (non-hydrogen) atoms. The van der Waals surface area contributed by atoms with E-state index in [1.165, 1.54) is 22.5 Å². The molecule has 0 aliphatic heterocycles. The van der Waals surface area contributed by atoms with Gasteiger partial charge < -0.3 is 15.5 Å². The van der Waals surface area contributed by atoms with Crippen LogP contribution in [0.25, 0.3) is 0 Å². The highest BCUT2D eigenvalue weighted by atomic mass is 15.1. The molecule has 3 nitrogen and oxygen atoms in total. The Kier molecular flexibility index (Phi) is 8.34. The molecular weight excluding hydrogens is 294 g/mol. The maximum Gasteiger partial charge on any atom is 0.0435 e. The molecule has 0 bridgehead atoms. The quantitative estimate of drug-likeness (QED) is 0.681. The minimum Gasteiger partial charge on any atom is -0.387 e. The molecule has 0 radical (unpaired) electrons. The molecule has 0 saturated carbocycles. The number of allylic oxidation sites excluding steroid dienone is 1. The predicted molar refractivity (Wildman–Crippen MR) is 108 cm³/mol. The van der Waals surface area contributed by atoms with Crippen LogP contribution in [0.4, 0.5) is 5.69 Å². The zero-order valence-electron chi connectivity index (χ0n) is 16.9.